The number of ether oxygens (including phenoxy) is 2. The van der Waals surface area contributed by atoms with Gasteiger partial charge in [-0.1, -0.05) is 47.6 Å². The first-order valence-electron chi connectivity index (χ1n) is 15.2. The largest absolute Gasteiger partial charge is 0.493 e. The Morgan fingerprint density at radius 3 is 2.05 bits per heavy atom. The van der Waals surface area contributed by atoms with Crippen molar-refractivity contribution in [1.29, 1.82) is 0 Å². The summed E-state index contributed by atoms with van der Waals surface area (Å²) in [6.07, 6.45) is 1.12. The molecule has 0 spiro atoms. The highest BCUT2D eigenvalue weighted by Crippen LogP contribution is 2.30. The number of nitrogens with one attached hydrogen (secondary N) is 1. The second-order valence-electron chi connectivity index (χ2n) is 16.1. The van der Waals surface area contributed by atoms with E-state index in [0.717, 1.165) is 37.6 Å². The van der Waals surface area contributed by atoms with Gasteiger partial charge in [-0.05, 0) is 64.0 Å². The topological polar surface area (TPSA) is 40.2 Å². The lowest BCUT2D eigenvalue weighted by molar-refractivity contribution is -0.0553. The molecule has 6 heteroatoms. The predicted octanol–water partition coefficient (Wildman–Crippen LogP) is 5.76. The molecular weight excluding hydrogens is 484 g/mol. The second kappa shape index (κ2) is 12.7. The maximum Gasteiger partial charge on any atom is 0.123 e. The Bertz CT molecular complexity index is 890. The molecule has 39 heavy (non-hydrogen) atoms. The van der Waals surface area contributed by atoms with E-state index in [1.807, 2.05) is 24.3 Å². The van der Waals surface area contributed by atoms with Gasteiger partial charge in [0.25, 0.3) is 0 Å². The maximum absolute atomic E-state index is 6.09. The van der Waals surface area contributed by atoms with E-state index < -0.39 is 0 Å². The third kappa shape index (κ3) is 10.9. The van der Waals surface area contributed by atoms with Gasteiger partial charge in [-0.2, -0.15) is 0 Å². The molecule has 6 nitrogen and oxygen atoms in total. The van der Waals surface area contributed by atoms with Gasteiger partial charge < -0.3 is 14.8 Å². The van der Waals surface area contributed by atoms with Crippen molar-refractivity contribution in [1.82, 2.24) is 20.0 Å². The van der Waals surface area contributed by atoms with Gasteiger partial charge in [0.1, 0.15) is 18.1 Å². The summed E-state index contributed by atoms with van der Waals surface area (Å²) in [5.74, 6) is 1.73. The molecule has 2 aliphatic rings. The van der Waals surface area contributed by atoms with Gasteiger partial charge in [0.15, 0.2) is 0 Å². The Balaban J connectivity index is 1.49. The summed E-state index contributed by atoms with van der Waals surface area (Å²) in [6.45, 7) is 34.7. The van der Waals surface area contributed by atoms with Crippen molar-refractivity contribution in [3.63, 3.8) is 0 Å². The zero-order valence-corrected chi connectivity index (χ0v) is 27.2. The fourth-order valence-corrected chi connectivity index (χ4v) is 6.02. The monoisotopic (exact) mass is 544 g/mol. The molecule has 0 aromatic heterocycles. The van der Waals surface area contributed by atoms with Gasteiger partial charge in [-0.25, -0.2) is 0 Å². The molecule has 1 aromatic carbocycles. The number of hydrogen-bond donors (Lipinski definition) is 1. The third-order valence-electron chi connectivity index (χ3n) is 7.73. The van der Waals surface area contributed by atoms with Gasteiger partial charge in [-0.15, -0.1) is 0 Å². The maximum atomic E-state index is 6.09. The summed E-state index contributed by atoms with van der Waals surface area (Å²) in [5, 5.41) is 3.80. The minimum atomic E-state index is 0.0239. The van der Waals surface area contributed by atoms with E-state index in [2.05, 4.69) is 96.2 Å². The summed E-state index contributed by atoms with van der Waals surface area (Å²) in [4.78, 5) is 8.16. The third-order valence-corrected chi connectivity index (χ3v) is 7.73. The van der Waals surface area contributed by atoms with E-state index >= 15 is 0 Å². The highest BCUT2D eigenvalue weighted by molar-refractivity contribution is 5.33. The molecule has 1 atom stereocenters. The average Bonchev–Trinajstić information content (AvgIpc) is 2.76. The van der Waals surface area contributed by atoms with Crippen LogP contribution in [-0.4, -0.2) is 96.9 Å². The lowest BCUT2D eigenvalue weighted by Gasteiger charge is -2.55. The second-order valence-corrected chi connectivity index (χ2v) is 16.1. The fourth-order valence-electron chi connectivity index (χ4n) is 6.02. The van der Waals surface area contributed by atoms with E-state index in [4.69, 9.17) is 9.47 Å². The number of rotatable bonds is 11. The summed E-state index contributed by atoms with van der Waals surface area (Å²) < 4.78 is 12.0. The molecule has 0 saturated carbocycles. The number of hydrogen-bond acceptors (Lipinski definition) is 6. The molecule has 3 rings (SSSR count). The van der Waals surface area contributed by atoms with Gasteiger partial charge in [0.05, 0.1) is 6.61 Å². The molecule has 2 heterocycles. The van der Waals surface area contributed by atoms with Crippen LogP contribution < -0.4 is 14.8 Å². The molecule has 2 saturated heterocycles. The van der Waals surface area contributed by atoms with Gasteiger partial charge in [0.2, 0.25) is 0 Å². The van der Waals surface area contributed by atoms with Crippen LogP contribution in [0.2, 0.25) is 0 Å². The van der Waals surface area contributed by atoms with Crippen molar-refractivity contribution >= 4 is 0 Å². The predicted molar refractivity (Wildman–Crippen MR) is 165 cm³/mol. The Morgan fingerprint density at radius 2 is 1.46 bits per heavy atom. The molecule has 224 valence electrons. The minimum absolute atomic E-state index is 0.0239. The molecule has 1 N–H and O–H groups in total. The van der Waals surface area contributed by atoms with Crippen LogP contribution in [0, 0.1) is 10.8 Å². The Morgan fingerprint density at radius 1 is 0.821 bits per heavy atom. The molecule has 0 bridgehead atoms. The van der Waals surface area contributed by atoms with E-state index in [1.165, 1.54) is 26.2 Å². The summed E-state index contributed by atoms with van der Waals surface area (Å²) >= 11 is 0. The Kier molecular flexibility index (Phi) is 10.5. The molecule has 0 radical (unpaired) electrons. The van der Waals surface area contributed by atoms with Crippen molar-refractivity contribution in [2.75, 3.05) is 59.0 Å². The molecular formula is C33H60N4O2. The van der Waals surface area contributed by atoms with Gasteiger partial charge in [0, 0.05) is 75.0 Å². The molecule has 0 aliphatic carbocycles. The highest BCUT2D eigenvalue weighted by atomic mass is 16.5. The van der Waals surface area contributed by atoms with Crippen molar-refractivity contribution in [3.8, 4) is 11.5 Å². The van der Waals surface area contributed by atoms with Crippen molar-refractivity contribution in [2.24, 2.45) is 10.8 Å². The molecule has 1 unspecified atom stereocenters. The van der Waals surface area contributed by atoms with Crippen LogP contribution in [0.4, 0.5) is 0 Å². The first-order chi connectivity index (χ1) is 17.9. The van der Waals surface area contributed by atoms with Crippen LogP contribution in [0.1, 0.15) is 82.6 Å². The van der Waals surface area contributed by atoms with Crippen LogP contribution in [0.3, 0.4) is 0 Å². The quantitative estimate of drug-likeness (QED) is 0.357. The van der Waals surface area contributed by atoms with Crippen LogP contribution in [0.5, 0.6) is 11.5 Å². The van der Waals surface area contributed by atoms with E-state index in [1.54, 1.807) is 0 Å². The summed E-state index contributed by atoms with van der Waals surface area (Å²) in [6, 6.07) is 9.26. The minimum Gasteiger partial charge on any atom is -0.493 e. The van der Waals surface area contributed by atoms with Crippen LogP contribution >= 0.6 is 0 Å². The van der Waals surface area contributed by atoms with Gasteiger partial charge in [-0.3, -0.25) is 14.7 Å². The lowest BCUT2D eigenvalue weighted by Crippen LogP contribution is -2.68. The standard InChI is InChI=1S/C33H60N4O2/c1-30(2,3)24-35-21-27(22-35)36-16-17-37(32(7,8)9)26(23-36)20-33(10,11)34-15-18-38-28-13-12-14-29(19-28)39-25-31(4,5)6/h12-14,19,26-27,34H,15-18,20-25H2,1-11H3. The normalized spacial score (nSPS) is 21.2. The molecule has 2 fully saturated rings. The van der Waals surface area contributed by atoms with E-state index in [-0.39, 0.29) is 16.5 Å². The Labute approximate surface area is 240 Å². The number of piperazine rings is 1. The van der Waals surface area contributed by atoms with E-state index in [0.29, 0.717) is 30.7 Å². The van der Waals surface area contributed by atoms with Crippen molar-refractivity contribution < 1.29 is 9.47 Å². The fraction of sp³-hybridized carbons (Fsp3) is 0.818. The van der Waals surface area contributed by atoms with Crippen LogP contribution in [0.25, 0.3) is 0 Å². The first kappa shape index (κ1) is 32.2. The SMILES string of the molecule is CC(C)(C)COc1cccc(OCCNC(C)(C)CC2CN(C3CN(CC(C)(C)C)C3)CCN2C(C)(C)C)c1. The molecule has 0 amide bonds. The number of nitrogens with zero attached hydrogens (tertiary/aromatic N) is 3. The highest BCUT2D eigenvalue weighted by Gasteiger charge is 2.41. The number of benzene rings is 1. The Hall–Kier alpha value is -1.34. The molecule has 1 aromatic rings. The van der Waals surface area contributed by atoms with Gasteiger partial charge >= 0.3 is 0 Å². The molecule has 2 aliphatic heterocycles. The average molecular weight is 545 g/mol. The zero-order valence-electron chi connectivity index (χ0n) is 27.2. The summed E-state index contributed by atoms with van der Waals surface area (Å²) in [7, 11) is 0. The summed E-state index contributed by atoms with van der Waals surface area (Å²) in [5.41, 5.74) is 0.708. The van der Waals surface area contributed by atoms with Crippen LogP contribution in [-0.2, 0) is 0 Å². The zero-order chi connectivity index (χ0) is 29.1. The lowest BCUT2D eigenvalue weighted by atomic mass is 9.88. The van der Waals surface area contributed by atoms with E-state index in [9.17, 15) is 0 Å². The first-order valence-corrected chi connectivity index (χ1v) is 15.2. The number of likely N-dealkylation sites (tertiary alicyclic amines) is 1. The van der Waals surface area contributed by atoms with Crippen molar-refractivity contribution in [2.45, 2.75) is 106 Å². The smallest absolute Gasteiger partial charge is 0.123 e. The van der Waals surface area contributed by atoms with Crippen LogP contribution in [0.15, 0.2) is 24.3 Å². The van der Waals surface area contributed by atoms with Crippen molar-refractivity contribution in [3.05, 3.63) is 24.3 Å².